The first-order chi connectivity index (χ1) is 12.0. The number of β-amino-alcohol motifs (C(OH)–C–C–N with tert-alkyl or cyclic N) is 1. The number of imidazole rings is 1. The first kappa shape index (κ1) is 17.2. The summed E-state index contributed by atoms with van der Waals surface area (Å²) >= 11 is 0. The highest BCUT2D eigenvalue weighted by Crippen LogP contribution is 2.25. The molecule has 2 aromatic heterocycles. The van der Waals surface area contributed by atoms with Crippen LogP contribution >= 0.6 is 0 Å². The lowest BCUT2D eigenvalue weighted by Crippen LogP contribution is -2.45. The monoisotopic (exact) mass is 345 g/mol. The number of nitrogens with zero attached hydrogens (tertiary/aromatic N) is 5. The van der Waals surface area contributed by atoms with Crippen LogP contribution in [0.5, 0.6) is 0 Å². The fourth-order valence-electron chi connectivity index (χ4n) is 2.90. The van der Waals surface area contributed by atoms with Crippen molar-refractivity contribution in [3.05, 3.63) is 30.6 Å². The minimum atomic E-state index is -0.968. The van der Waals surface area contributed by atoms with Crippen molar-refractivity contribution < 1.29 is 9.90 Å². The van der Waals surface area contributed by atoms with Crippen LogP contribution in [0.1, 0.15) is 12.2 Å². The fraction of sp³-hybridized carbons (Fsp3) is 0.500. The molecule has 0 unspecified atom stereocenters. The van der Waals surface area contributed by atoms with E-state index in [9.17, 15) is 9.90 Å². The van der Waals surface area contributed by atoms with Gasteiger partial charge in [-0.05, 0) is 13.3 Å². The Morgan fingerprint density at radius 3 is 2.96 bits per heavy atom. The summed E-state index contributed by atoms with van der Waals surface area (Å²) < 4.78 is 1.76. The number of rotatable bonds is 6. The maximum atomic E-state index is 12.1. The Balaban J connectivity index is 1.54. The molecule has 1 aliphatic heterocycles. The number of aryl methyl sites for hydroxylation is 1. The molecule has 0 bridgehead atoms. The number of hydrogen-bond acceptors (Lipinski definition) is 7. The van der Waals surface area contributed by atoms with Gasteiger partial charge in [0.1, 0.15) is 35.9 Å². The zero-order chi connectivity index (χ0) is 17.9. The number of carbonyl (C=O) groups is 1. The first-order valence-electron chi connectivity index (χ1n) is 8.21. The lowest BCUT2D eigenvalue weighted by Gasteiger charge is -2.24. The Hall–Kier alpha value is -2.68. The topological polar surface area (TPSA) is 108 Å². The zero-order valence-corrected chi connectivity index (χ0v) is 14.4. The van der Waals surface area contributed by atoms with E-state index < -0.39 is 5.60 Å². The SMILES string of the molecule is CNc1cc(N2CC[C@@](O)(CNC(=O)Cn3ccnc3C)C2)ncn1. The highest BCUT2D eigenvalue weighted by Gasteiger charge is 2.37. The van der Waals surface area contributed by atoms with Crippen LogP contribution in [0, 0.1) is 6.92 Å². The van der Waals surface area contributed by atoms with Crippen LogP contribution in [0.15, 0.2) is 24.8 Å². The van der Waals surface area contributed by atoms with Crippen molar-refractivity contribution >= 4 is 17.5 Å². The second-order valence-electron chi connectivity index (χ2n) is 6.29. The quantitative estimate of drug-likeness (QED) is 0.664. The first-order valence-corrected chi connectivity index (χ1v) is 8.21. The van der Waals surface area contributed by atoms with Crippen molar-refractivity contribution in [1.29, 1.82) is 0 Å². The predicted molar refractivity (Wildman–Crippen MR) is 93.3 cm³/mol. The van der Waals surface area contributed by atoms with E-state index in [0.29, 0.717) is 19.5 Å². The van der Waals surface area contributed by atoms with E-state index >= 15 is 0 Å². The molecule has 1 saturated heterocycles. The van der Waals surface area contributed by atoms with Crippen LogP contribution in [0.2, 0.25) is 0 Å². The maximum absolute atomic E-state index is 12.1. The summed E-state index contributed by atoms with van der Waals surface area (Å²) in [5.74, 6) is 2.12. The summed E-state index contributed by atoms with van der Waals surface area (Å²) in [6.07, 6.45) is 5.48. The van der Waals surface area contributed by atoms with Crippen LogP contribution in [-0.2, 0) is 11.3 Å². The molecule has 2 aromatic rings. The van der Waals surface area contributed by atoms with Crippen molar-refractivity contribution in [2.75, 3.05) is 36.9 Å². The Labute approximate surface area is 146 Å². The Morgan fingerprint density at radius 1 is 1.40 bits per heavy atom. The van der Waals surface area contributed by atoms with Crippen molar-refractivity contribution in [2.45, 2.75) is 25.5 Å². The number of aromatic nitrogens is 4. The van der Waals surface area contributed by atoms with Crippen molar-refractivity contribution in [3.63, 3.8) is 0 Å². The van der Waals surface area contributed by atoms with E-state index in [0.717, 1.165) is 17.5 Å². The third kappa shape index (κ3) is 4.05. The van der Waals surface area contributed by atoms with Gasteiger partial charge in [-0.2, -0.15) is 0 Å². The molecule has 0 spiro atoms. The molecule has 3 N–H and O–H groups in total. The number of amides is 1. The second-order valence-corrected chi connectivity index (χ2v) is 6.29. The molecule has 9 nitrogen and oxygen atoms in total. The number of aliphatic hydroxyl groups is 1. The second kappa shape index (κ2) is 7.06. The van der Waals surface area contributed by atoms with E-state index in [1.165, 1.54) is 6.33 Å². The molecule has 25 heavy (non-hydrogen) atoms. The van der Waals surface area contributed by atoms with Gasteiger partial charge in [-0.3, -0.25) is 4.79 Å². The molecule has 1 atom stereocenters. The van der Waals surface area contributed by atoms with Gasteiger partial charge in [0.05, 0.1) is 0 Å². The summed E-state index contributed by atoms with van der Waals surface area (Å²) in [6.45, 7) is 3.34. The summed E-state index contributed by atoms with van der Waals surface area (Å²) in [5, 5.41) is 16.5. The van der Waals surface area contributed by atoms with Crippen LogP contribution < -0.4 is 15.5 Å². The number of anilines is 2. The molecular weight excluding hydrogens is 322 g/mol. The van der Waals surface area contributed by atoms with E-state index in [1.54, 1.807) is 24.0 Å². The van der Waals surface area contributed by atoms with Crippen molar-refractivity contribution in [3.8, 4) is 0 Å². The molecule has 0 aromatic carbocycles. The zero-order valence-electron chi connectivity index (χ0n) is 14.4. The summed E-state index contributed by atoms with van der Waals surface area (Å²) in [7, 11) is 1.80. The lowest BCUT2D eigenvalue weighted by atomic mass is 10.0. The van der Waals surface area contributed by atoms with Crippen LogP contribution in [0.3, 0.4) is 0 Å². The third-order valence-corrected chi connectivity index (χ3v) is 4.42. The van der Waals surface area contributed by atoms with Crippen molar-refractivity contribution in [1.82, 2.24) is 24.8 Å². The van der Waals surface area contributed by atoms with Gasteiger partial charge in [0, 0.05) is 45.1 Å². The third-order valence-electron chi connectivity index (χ3n) is 4.42. The standard InChI is InChI=1S/C16H23N7O2/c1-12-18-4-6-22(12)8-15(24)19-9-16(25)3-5-23(10-16)14-7-13(17-2)20-11-21-14/h4,6-7,11,25H,3,5,8-10H2,1-2H3,(H,19,24)(H,17,20,21)/t16-/m1/s1. The van der Waals surface area contributed by atoms with Gasteiger partial charge in [0.2, 0.25) is 5.91 Å². The molecule has 9 heteroatoms. The predicted octanol–water partition coefficient (Wildman–Crippen LogP) is -0.219. The Bertz CT molecular complexity index is 748. The Morgan fingerprint density at radius 2 is 2.24 bits per heavy atom. The highest BCUT2D eigenvalue weighted by atomic mass is 16.3. The molecule has 1 aliphatic rings. The molecule has 3 rings (SSSR count). The van der Waals surface area contributed by atoms with E-state index in [-0.39, 0.29) is 19.0 Å². The molecule has 0 aliphatic carbocycles. The number of hydrogen-bond donors (Lipinski definition) is 3. The van der Waals surface area contributed by atoms with Crippen molar-refractivity contribution in [2.24, 2.45) is 0 Å². The van der Waals surface area contributed by atoms with Gasteiger partial charge in [-0.25, -0.2) is 15.0 Å². The van der Waals surface area contributed by atoms with Gasteiger partial charge in [-0.1, -0.05) is 0 Å². The normalized spacial score (nSPS) is 19.9. The molecular formula is C16H23N7O2. The van der Waals surface area contributed by atoms with E-state index in [4.69, 9.17) is 0 Å². The van der Waals surface area contributed by atoms with Crippen LogP contribution in [0.4, 0.5) is 11.6 Å². The molecule has 0 radical (unpaired) electrons. The minimum Gasteiger partial charge on any atom is -0.386 e. The highest BCUT2D eigenvalue weighted by molar-refractivity contribution is 5.75. The summed E-state index contributed by atoms with van der Waals surface area (Å²) in [5.41, 5.74) is -0.968. The Kier molecular flexibility index (Phi) is 4.84. The van der Waals surface area contributed by atoms with E-state index in [1.807, 2.05) is 17.9 Å². The molecule has 134 valence electrons. The van der Waals surface area contributed by atoms with Gasteiger partial charge < -0.3 is 25.2 Å². The number of nitrogens with one attached hydrogen (secondary N) is 2. The van der Waals surface area contributed by atoms with Gasteiger partial charge >= 0.3 is 0 Å². The summed E-state index contributed by atoms with van der Waals surface area (Å²) in [4.78, 5) is 26.5. The van der Waals surface area contributed by atoms with E-state index in [2.05, 4.69) is 25.6 Å². The lowest BCUT2D eigenvalue weighted by molar-refractivity contribution is -0.122. The molecule has 0 saturated carbocycles. The summed E-state index contributed by atoms with van der Waals surface area (Å²) in [6, 6.07) is 1.84. The fourth-order valence-corrected chi connectivity index (χ4v) is 2.90. The van der Waals surface area contributed by atoms with Gasteiger partial charge in [-0.15, -0.1) is 0 Å². The number of carbonyl (C=O) groups excluding carboxylic acids is 1. The average molecular weight is 345 g/mol. The largest absolute Gasteiger partial charge is 0.386 e. The average Bonchev–Trinajstić information content (AvgIpc) is 3.20. The van der Waals surface area contributed by atoms with Gasteiger partial charge in [0.25, 0.3) is 0 Å². The minimum absolute atomic E-state index is 0.146. The van der Waals surface area contributed by atoms with Crippen LogP contribution in [-0.4, -0.2) is 62.8 Å². The molecule has 3 heterocycles. The van der Waals surface area contributed by atoms with Gasteiger partial charge in [0.15, 0.2) is 0 Å². The maximum Gasteiger partial charge on any atom is 0.240 e. The molecule has 1 fully saturated rings. The smallest absolute Gasteiger partial charge is 0.240 e. The van der Waals surface area contributed by atoms with Crippen LogP contribution in [0.25, 0.3) is 0 Å². The molecule has 1 amide bonds.